The van der Waals surface area contributed by atoms with Crippen molar-refractivity contribution in [2.45, 2.75) is 137 Å². The summed E-state index contributed by atoms with van der Waals surface area (Å²) >= 11 is 0. The molecular formula is C28H52O4. The van der Waals surface area contributed by atoms with E-state index >= 15 is 0 Å². The Morgan fingerprint density at radius 2 is 1.38 bits per heavy atom. The lowest BCUT2D eigenvalue weighted by atomic mass is 9.67. The van der Waals surface area contributed by atoms with Gasteiger partial charge in [-0.15, -0.1) is 0 Å². The van der Waals surface area contributed by atoms with Crippen LogP contribution < -0.4 is 0 Å². The molecule has 0 aromatic rings. The van der Waals surface area contributed by atoms with E-state index < -0.39 is 5.41 Å². The Bertz CT molecular complexity index is 502. The van der Waals surface area contributed by atoms with Gasteiger partial charge in [0.05, 0.1) is 24.5 Å². The highest BCUT2D eigenvalue weighted by Gasteiger charge is 2.48. The molecule has 0 spiro atoms. The lowest BCUT2D eigenvalue weighted by Gasteiger charge is -2.37. The second-order valence-electron chi connectivity index (χ2n) is 10.6. The van der Waals surface area contributed by atoms with Crippen LogP contribution in [0.3, 0.4) is 0 Å². The summed E-state index contributed by atoms with van der Waals surface area (Å²) < 4.78 is 11.3. The summed E-state index contributed by atoms with van der Waals surface area (Å²) in [5, 5.41) is 0. The Kier molecular flexibility index (Phi) is 15.8. The molecule has 4 heteroatoms. The average Bonchev–Trinajstić information content (AvgIpc) is 2.77. The zero-order chi connectivity index (χ0) is 23.7. The van der Waals surface area contributed by atoms with Crippen LogP contribution in [0, 0.1) is 17.3 Å². The summed E-state index contributed by atoms with van der Waals surface area (Å²) in [7, 11) is 0. The second kappa shape index (κ2) is 17.4. The first-order chi connectivity index (χ1) is 15.4. The normalized spacial score (nSPS) is 21.0. The van der Waals surface area contributed by atoms with Crippen molar-refractivity contribution in [1.82, 2.24) is 0 Å². The van der Waals surface area contributed by atoms with Crippen molar-refractivity contribution in [2.24, 2.45) is 17.3 Å². The molecular weight excluding hydrogens is 400 g/mol. The van der Waals surface area contributed by atoms with Crippen LogP contribution in [0.2, 0.25) is 0 Å². The molecule has 1 fully saturated rings. The van der Waals surface area contributed by atoms with E-state index in [1.807, 2.05) is 6.92 Å². The maximum absolute atomic E-state index is 12.9. The molecule has 0 aromatic heterocycles. The SMILES string of the molecule is CCCCCCCCCCOC(=O)C1CCCCC1(C)C(=O)OCCCCCCC(C)C. The van der Waals surface area contributed by atoms with E-state index in [2.05, 4.69) is 20.8 Å². The number of esters is 2. The van der Waals surface area contributed by atoms with Crippen molar-refractivity contribution >= 4 is 11.9 Å². The van der Waals surface area contributed by atoms with Crippen molar-refractivity contribution in [3.05, 3.63) is 0 Å². The highest BCUT2D eigenvalue weighted by Crippen LogP contribution is 2.43. The highest BCUT2D eigenvalue weighted by molar-refractivity contribution is 5.85. The molecule has 0 aromatic carbocycles. The molecule has 4 nitrogen and oxygen atoms in total. The first-order valence-electron chi connectivity index (χ1n) is 13.8. The summed E-state index contributed by atoms with van der Waals surface area (Å²) in [6, 6.07) is 0. The first-order valence-corrected chi connectivity index (χ1v) is 13.8. The molecule has 0 radical (unpaired) electrons. The number of hydrogen-bond acceptors (Lipinski definition) is 4. The Morgan fingerprint density at radius 1 is 0.812 bits per heavy atom. The van der Waals surface area contributed by atoms with E-state index in [0.29, 0.717) is 13.2 Å². The lowest BCUT2D eigenvalue weighted by molar-refractivity contribution is -0.172. The minimum Gasteiger partial charge on any atom is -0.465 e. The molecule has 0 amide bonds. The van der Waals surface area contributed by atoms with Gasteiger partial charge in [-0.2, -0.15) is 0 Å². The molecule has 1 aliphatic rings. The fraction of sp³-hybridized carbons (Fsp3) is 0.929. The molecule has 0 heterocycles. The average molecular weight is 453 g/mol. The molecule has 2 atom stereocenters. The van der Waals surface area contributed by atoms with E-state index in [0.717, 1.165) is 57.3 Å². The first kappa shape index (κ1) is 29.0. The zero-order valence-corrected chi connectivity index (χ0v) is 21.7. The topological polar surface area (TPSA) is 52.6 Å². The van der Waals surface area contributed by atoms with Gasteiger partial charge < -0.3 is 9.47 Å². The minimum absolute atomic E-state index is 0.194. The van der Waals surface area contributed by atoms with Crippen molar-refractivity contribution in [3.8, 4) is 0 Å². The van der Waals surface area contributed by atoms with Gasteiger partial charge >= 0.3 is 11.9 Å². The third-order valence-corrected chi connectivity index (χ3v) is 7.11. The van der Waals surface area contributed by atoms with Gasteiger partial charge in [-0.05, 0) is 38.5 Å². The van der Waals surface area contributed by atoms with Crippen LogP contribution in [-0.4, -0.2) is 25.2 Å². The van der Waals surface area contributed by atoms with Crippen LogP contribution in [0.5, 0.6) is 0 Å². The van der Waals surface area contributed by atoms with E-state index in [-0.39, 0.29) is 17.9 Å². The molecule has 1 saturated carbocycles. The van der Waals surface area contributed by atoms with Crippen LogP contribution in [0.25, 0.3) is 0 Å². The Labute approximate surface area is 198 Å². The van der Waals surface area contributed by atoms with Gasteiger partial charge in [0.25, 0.3) is 0 Å². The summed E-state index contributed by atoms with van der Waals surface area (Å²) in [5.74, 6) is 0.00402. The van der Waals surface area contributed by atoms with E-state index in [9.17, 15) is 9.59 Å². The monoisotopic (exact) mass is 452 g/mol. The predicted molar refractivity (Wildman–Crippen MR) is 133 cm³/mol. The van der Waals surface area contributed by atoms with E-state index in [1.165, 1.54) is 57.8 Å². The van der Waals surface area contributed by atoms with Crippen LogP contribution >= 0.6 is 0 Å². The van der Waals surface area contributed by atoms with Gasteiger partial charge in [0, 0.05) is 0 Å². The minimum atomic E-state index is -0.730. The number of carbonyl (C=O) groups excluding carboxylic acids is 2. The van der Waals surface area contributed by atoms with Crippen LogP contribution in [-0.2, 0) is 19.1 Å². The van der Waals surface area contributed by atoms with Gasteiger partial charge in [0.2, 0.25) is 0 Å². The number of carbonyl (C=O) groups is 2. The number of ether oxygens (including phenoxy) is 2. The van der Waals surface area contributed by atoms with E-state index in [4.69, 9.17) is 9.47 Å². The Balaban J connectivity index is 2.29. The van der Waals surface area contributed by atoms with Crippen molar-refractivity contribution in [3.63, 3.8) is 0 Å². The third kappa shape index (κ3) is 11.7. The smallest absolute Gasteiger partial charge is 0.312 e. The highest BCUT2D eigenvalue weighted by atomic mass is 16.5. The van der Waals surface area contributed by atoms with Crippen LogP contribution in [0.1, 0.15) is 137 Å². The van der Waals surface area contributed by atoms with Gasteiger partial charge in [-0.1, -0.05) is 104 Å². The van der Waals surface area contributed by atoms with Crippen molar-refractivity contribution in [1.29, 1.82) is 0 Å². The Hall–Kier alpha value is -1.06. The van der Waals surface area contributed by atoms with Crippen LogP contribution in [0.15, 0.2) is 0 Å². The molecule has 188 valence electrons. The van der Waals surface area contributed by atoms with E-state index in [1.54, 1.807) is 0 Å². The number of rotatable bonds is 18. The molecule has 1 rings (SSSR count). The van der Waals surface area contributed by atoms with Gasteiger partial charge in [-0.25, -0.2) is 0 Å². The molecule has 32 heavy (non-hydrogen) atoms. The second-order valence-corrected chi connectivity index (χ2v) is 10.6. The van der Waals surface area contributed by atoms with Crippen molar-refractivity contribution < 1.29 is 19.1 Å². The molecule has 0 saturated heterocycles. The maximum Gasteiger partial charge on any atom is 0.312 e. The Morgan fingerprint density at radius 3 is 2.00 bits per heavy atom. The molecule has 2 unspecified atom stereocenters. The summed E-state index contributed by atoms with van der Waals surface area (Å²) in [6.45, 7) is 9.61. The zero-order valence-electron chi connectivity index (χ0n) is 21.7. The predicted octanol–water partition coefficient (Wildman–Crippen LogP) is 8.02. The summed E-state index contributed by atoms with van der Waals surface area (Å²) in [4.78, 5) is 25.7. The molecule has 0 bridgehead atoms. The standard InChI is InChI=1S/C28H52O4/c1-5-6-7-8-9-10-12-17-22-31-26(29)25-20-15-16-21-28(25,4)27(30)32-23-18-13-11-14-19-24(2)3/h24-25H,5-23H2,1-4H3. The van der Waals surface area contributed by atoms with Crippen molar-refractivity contribution in [2.75, 3.05) is 13.2 Å². The largest absolute Gasteiger partial charge is 0.465 e. The van der Waals surface area contributed by atoms with Gasteiger partial charge in [-0.3, -0.25) is 9.59 Å². The van der Waals surface area contributed by atoms with Crippen LogP contribution in [0.4, 0.5) is 0 Å². The quantitative estimate of drug-likeness (QED) is 0.156. The molecule has 0 aliphatic heterocycles. The van der Waals surface area contributed by atoms with Gasteiger partial charge in [0.1, 0.15) is 0 Å². The molecule has 1 aliphatic carbocycles. The number of unbranched alkanes of at least 4 members (excludes halogenated alkanes) is 10. The fourth-order valence-corrected chi connectivity index (χ4v) is 4.80. The fourth-order valence-electron chi connectivity index (χ4n) is 4.80. The molecule has 0 N–H and O–H groups in total. The maximum atomic E-state index is 12.9. The summed E-state index contributed by atoms with van der Waals surface area (Å²) in [6.07, 6.45) is 18.9. The number of hydrogen-bond donors (Lipinski definition) is 0. The summed E-state index contributed by atoms with van der Waals surface area (Å²) in [5.41, 5.74) is -0.730. The van der Waals surface area contributed by atoms with Gasteiger partial charge in [0.15, 0.2) is 0 Å². The lowest BCUT2D eigenvalue weighted by Crippen LogP contribution is -2.44. The third-order valence-electron chi connectivity index (χ3n) is 7.11.